The Balaban J connectivity index is 1.69. The van der Waals surface area contributed by atoms with Gasteiger partial charge in [0.2, 0.25) is 0 Å². The van der Waals surface area contributed by atoms with Gasteiger partial charge in [-0.05, 0) is 43.0 Å². The number of amides is 2. The van der Waals surface area contributed by atoms with E-state index in [4.69, 9.17) is 20.1 Å². The van der Waals surface area contributed by atoms with Gasteiger partial charge in [-0.1, -0.05) is 12.7 Å². The molecule has 11 nitrogen and oxygen atoms in total. The Kier molecular flexibility index (Phi) is 9.06. The van der Waals surface area contributed by atoms with Crippen LogP contribution >= 0.6 is 0 Å². The van der Waals surface area contributed by atoms with Crippen LogP contribution < -0.4 is 21.3 Å². The number of nitrogens with two attached hydrogens (primary N) is 1. The van der Waals surface area contributed by atoms with Crippen LogP contribution in [0.1, 0.15) is 49.7 Å². The minimum atomic E-state index is -0.712. The Morgan fingerprint density at radius 2 is 1.95 bits per heavy atom. The lowest BCUT2D eigenvalue weighted by atomic mass is 9.94. The highest BCUT2D eigenvalue weighted by Gasteiger charge is 2.26. The van der Waals surface area contributed by atoms with Crippen molar-refractivity contribution >= 4 is 23.9 Å². The summed E-state index contributed by atoms with van der Waals surface area (Å²) in [6.45, 7) is 7.76. The van der Waals surface area contributed by atoms with Gasteiger partial charge in [0.25, 0.3) is 11.8 Å². The maximum absolute atomic E-state index is 13.3. The lowest BCUT2D eigenvalue weighted by Crippen LogP contribution is -2.38. The highest BCUT2D eigenvalue weighted by Crippen LogP contribution is 2.34. The number of hydrogen-bond donors (Lipinski definition) is 3. The zero-order valence-corrected chi connectivity index (χ0v) is 21.5. The lowest BCUT2D eigenvalue weighted by molar-refractivity contribution is 0.0193. The predicted octanol–water partition coefficient (Wildman–Crippen LogP) is 1.63. The monoisotopic (exact) mass is 523 g/mol. The quantitative estimate of drug-likeness (QED) is 0.173. The van der Waals surface area contributed by atoms with E-state index in [2.05, 4.69) is 27.2 Å². The summed E-state index contributed by atoms with van der Waals surface area (Å²) in [5, 5.41) is 2.86. The zero-order valence-electron chi connectivity index (χ0n) is 21.5. The lowest BCUT2D eigenvalue weighted by Gasteiger charge is -2.26. The highest BCUT2D eigenvalue weighted by molar-refractivity contribution is 6.05. The number of aromatic nitrogens is 1. The second-order valence-corrected chi connectivity index (χ2v) is 9.15. The summed E-state index contributed by atoms with van der Waals surface area (Å²) in [5.41, 5.74) is 3.50. The molecule has 1 aromatic heterocycles. The van der Waals surface area contributed by atoms with E-state index in [1.54, 1.807) is 24.3 Å². The fraction of sp³-hybridized carbons (Fsp3) is 0.407. The average Bonchev–Trinajstić information content (AvgIpc) is 3.79. The molecule has 4 N–H and O–H groups in total. The number of nitrogens with one attached hydrogen (secondary N) is 2. The SMILES string of the molecule is C=Cc1cc(C(=O)NN)c(-c2ccc(C(=O)NCC3CC3)nc2C(=O)OCCN2CCOCC2)cc1OC. The molecule has 4 rings (SSSR count). The number of rotatable bonds is 11. The van der Waals surface area contributed by atoms with Gasteiger partial charge in [-0.25, -0.2) is 15.6 Å². The standard InChI is InChI=1S/C27H33N5O6/c1-3-18-14-21(25(33)31-28)20(15-23(18)36-2)19-6-7-22(26(34)29-16-17-4-5-17)30-24(19)27(35)38-13-10-32-8-11-37-12-9-32/h3,6-7,14-15,17H,1,4-5,8-13,16,28H2,2H3,(H,29,34)(H,31,33). The molecule has 0 unspecified atom stereocenters. The van der Waals surface area contributed by atoms with Crippen LogP contribution in [-0.4, -0.2) is 80.8 Å². The topological polar surface area (TPSA) is 145 Å². The largest absolute Gasteiger partial charge is 0.496 e. The van der Waals surface area contributed by atoms with Crippen LogP contribution in [0.3, 0.4) is 0 Å². The molecule has 0 spiro atoms. The molecule has 2 heterocycles. The van der Waals surface area contributed by atoms with E-state index in [9.17, 15) is 14.4 Å². The molecule has 2 aromatic rings. The van der Waals surface area contributed by atoms with Crippen LogP contribution in [0.25, 0.3) is 17.2 Å². The van der Waals surface area contributed by atoms with Crippen LogP contribution in [0, 0.1) is 5.92 Å². The van der Waals surface area contributed by atoms with E-state index < -0.39 is 11.9 Å². The van der Waals surface area contributed by atoms with Crippen LogP contribution in [0.15, 0.2) is 30.8 Å². The summed E-state index contributed by atoms with van der Waals surface area (Å²) >= 11 is 0. The van der Waals surface area contributed by atoms with Crippen LogP contribution in [0.4, 0.5) is 0 Å². The van der Waals surface area contributed by atoms with E-state index in [-0.39, 0.29) is 29.5 Å². The average molecular weight is 524 g/mol. The van der Waals surface area contributed by atoms with E-state index in [1.165, 1.54) is 13.2 Å². The minimum Gasteiger partial charge on any atom is -0.496 e. The first-order valence-electron chi connectivity index (χ1n) is 12.6. The molecule has 0 radical (unpaired) electrons. The van der Waals surface area contributed by atoms with Crippen molar-refractivity contribution in [2.24, 2.45) is 11.8 Å². The van der Waals surface area contributed by atoms with E-state index in [1.807, 2.05) is 0 Å². The number of morpholine rings is 1. The van der Waals surface area contributed by atoms with Crippen molar-refractivity contribution in [2.45, 2.75) is 12.8 Å². The first-order chi connectivity index (χ1) is 18.4. The van der Waals surface area contributed by atoms with Crippen molar-refractivity contribution in [3.8, 4) is 16.9 Å². The minimum absolute atomic E-state index is 0.0778. The molecule has 202 valence electrons. The molecule has 1 aromatic carbocycles. The summed E-state index contributed by atoms with van der Waals surface area (Å²) in [6.07, 6.45) is 3.71. The van der Waals surface area contributed by atoms with Crippen molar-refractivity contribution in [1.29, 1.82) is 0 Å². The number of hydrazine groups is 1. The highest BCUT2D eigenvalue weighted by atomic mass is 16.5. The predicted molar refractivity (Wildman–Crippen MR) is 141 cm³/mol. The summed E-state index contributed by atoms with van der Waals surface area (Å²) in [7, 11) is 1.49. The molecule has 2 aliphatic rings. The molecular formula is C27H33N5O6. The molecule has 1 saturated carbocycles. The third-order valence-electron chi connectivity index (χ3n) is 6.57. The number of hydrogen-bond acceptors (Lipinski definition) is 9. The Morgan fingerprint density at radius 3 is 2.61 bits per heavy atom. The van der Waals surface area contributed by atoms with Gasteiger partial charge in [-0.3, -0.25) is 19.9 Å². The van der Waals surface area contributed by atoms with Gasteiger partial charge in [0.05, 0.1) is 20.3 Å². The first-order valence-corrected chi connectivity index (χ1v) is 12.6. The van der Waals surface area contributed by atoms with Gasteiger partial charge >= 0.3 is 5.97 Å². The van der Waals surface area contributed by atoms with Crippen LogP contribution in [0.5, 0.6) is 5.75 Å². The molecule has 38 heavy (non-hydrogen) atoms. The number of carbonyl (C=O) groups is 3. The van der Waals surface area contributed by atoms with Gasteiger partial charge in [0.15, 0.2) is 5.69 Å². The maximum atomic E-state index is 13.3. The number of pyridine rings is 1. The van der Waals surface area contributed by atoms with Crippen molar-refractivity contribution in [3.63, 3.8) is 0 Å². The number of methoxy groups -OCH3 is 1. The molecular weight excluding hydrogens is 490 g/mol. The molecule has 2 amide bonds. The Hall–Kier alpha value is -3.80. The maximum Gasteiger partial charge on any atom is 0.357 e. The van der Waals surface area contributed by atoms with Gasteiger partial charge in [-0.15, -0.1) is 0 Å². The molecule has 2 fully saturated rings. The van der Waals surface area contributed by atoms with Crippen LogP contribution in [0.2, 0.25) is 0 Å². The fourth-order valence-corrected chi connectivity index (χ4v) is 4.19. The Bertz CT molecular complexity index is 1210. The molecule has 11 heteroatoms. The zero-order chi connectivity index (χ0) is 27.1. The molecule has 1 saturated heterocycles. The molecule has 0 atom stereocenters. The number of nitrogen functional groups attached to an aromatic ring is 1. The van der Waals surface area contributed by atoms with Crippen LogP contribution in [-0.2, 0) is 9.47 Å². The third kappa shape index (κ3) is 6.55. The Labute approximate surface area is 221 Å². The van der Waals surface area contributed by atoms with Gasteiger partial charge in [-0.2, -0.15) is 0 Å². The Morgan fingerprint density at radius 1 is 1.18 bits per heavy atom. The third-order valence-corrected chi connectivity index (χ3v) is 6.57. The summed E-state index contributed by atoms with van der Waals surface area (Å²) in [5.74, 6) is 4.68. The number of carbonyl (C=O) groups excluding carboxylic acids is 3. The smallest absolute Gasteiger partial charge is 0.357 e. The van der Waals surface area contributed by atoms with Gasteiger partial charge in [0.1, 0.15) is 18.1 Å². The molecule has 1 aliphatic carbocycles. The van der Waals surface area contributed by atoms with Gasteiger partial charge in [0, 0.05) is 48.4 Å². The second kappa shape index (κ2) is 12.6. The molecule has 0 bridgehead atoms. The number of benzene rings is 1. The number of esters is 1. The molecule has 1 aliphatic heterocycles. The second-order valence-electron chi connectivity index (χ2n) is 9.15. The number of nitrogens with zero attached hydrogens (tertiary/aromatic N) is 2. The normalized spacial score (nSPS) is 15.4. The van der Waals surface area contributed by atoms with E-state index >= 15 is 0 Å². The van der Waals surface area contributed by atoms with E-state index in [0.29, 0.717) is 54.7 Å². The van der Waals surface area contributed by atoms with Gasteiger partial charge < -0.3 is 19.5 Å². The van der Waals surface area contributed by atoms with Crippen molar-refractivity contribution in [1.82, 2.24) is 20.6 Å². The van der Waals surface area contributed by atoms with Crippen molar-refractivity contribution < 1.29 is 28.6 Å². The summed E-state index contributed by atoms with van der Waals surface area (Å²) in [6, 6.07) is 6.26. The summed E-state index contributed by atoms with van der Waals surface area (Å²) < 4.78 is 16.4. The fourth-order valence-electron chi connectivity index (χ4n) is 4.19. The van der Waals surface area contributed by atoms with Crippen molar-refractivity contribution in [3.05, 3.63) is 53.4 Å². The van der Waals surface area contributed by atoms with Crippen molar-refractivity contribution in [2.75, 3.05) is 53.1 Å². The van der Waals surface area contributed by atoms with E-state index in [0.717, 1.165) is 25.9 Å². The number of ether oxygens (including phenoxy) is 3. The summed E-state index contributed by atoms with van der Waals surface area (Å²) in [4.78, 5) is 45.3. The first kappa shape index (κ1) is 27.2.